The second-order valence-electron chi connectivity index (χ2n) is 2.45. The Morgan fingerprint density at radius 1 is 1.38 bits per heavy atom. The normalized spacial score (nSPS) is 42.0. The molecule has 3 heteroatoms. The Balaban J connectivity index is 2.13. The molecule has 2 aliphatic rings. The van der Waals surface area contributed by atoms with Crippen molar-refractivity contribution in [1.29, 1.82) is 0 Å². The number of nitrogens with one attached hydrogen (secondary N) is 1. The van der Waals surface area contributed by atoms with Crippen molar-refractivity contribution in [2.75, 3.05) is 0 Å². The van der Waals surface area contributed by atoms with Gasteiger partial charge in [-0.05, 0) is 19.3 Å². The van der Waals surface area contributed by atoms with Gasteiger partial charge in [0, 0.05) is 0 Å². The summed E-state index contributed by atoms with van der Waals surface area (Å²) in [4.78, 5) is 0. The maximum absolute atomic E-state index is 4.01. The summed E-state index contributed by atoms with van der Waals surface area (Å²) in [7, 11) is 0. The first-order chi connectivity index (χ1) is 3.97. The molecule has 1 aliphatic heterocycles. The molecule has 0 saturated heterocycles. The Labute approximate surface area is 48.2 Å². The van der Waals surface area contributed by atoms with Crippen LogP contribution in [0.2, 0.25) is 0 Å². The average Bonchev–Trinajstić information content (AvgIpc) is 2.15. The summed E-state index contributed by atoms with van der Waals surface area (Å²) in [6, 6.07) is 1.12. The zero-order valence-corrected chi connectivity index (χ0v) is 4.67. The summed E-state index contributed by atoms with van der Waals surface area (Å²) >= 11 is 0. The summed E-state index contributed by atoms with van der Waals surface area (Å²) in [5.41, 5.74) is 2.98. The molecule has 1 aliphatic carbocycles. The fourth-order valence-corrected chi connectivity index (χ4v) is 1.41. The lowest BCUT2D eigenvalue weighted by molar-refractivity contribution is 0.572. The van der Waals surface area contributed by atoms with Gasteiger partial charge in [0.25, 0.3) is 0 Å². The highest BCUT2D eigenvalue weighted by molar-refractivity contribution is 4.89. The maximum Gasteiger partial charge on any atom is 0.0947 e. The van der Waals surface area contributed by atoms with Gasteiger partial charge in [0.1, 0.15) is 0 Å². The second-order valence-corrected chi connectivity index (χ2v) is 2.45. The maximum atomic E-state index is 4.01. The van der Waals surface area contributed by atoms with Gasteiger partial charge in [-0.3, -0.25) is 5.43 Å². The van der Waals surface area contributed by atoms with E-state index in [1.54, 1.807) is 0 Å². The highest BCUT2D eigenvalue weighted by atomic mass is 15.5. The first-order valence-corrected chi connectivity index (χ1v) is 3.12. The molecule has 2 atom stereocenters. The van der Waals surface area contributed by atoms with Crippen LogP contribution in [0.25, 0.3) is 0 Å². The van der Waals surface area contributed by atoms with Crippen molar-refractivity contribution in [3.63, 3.8) is 0 Å². The van der Waals surface area contributed by atoms with Gasteiger partial charge in [0.05, 0.1) is 12.1 Å². The van der Waals surface area contributed by atoms with Crippen LogP contribution in [0, 0.1) is 0 Å². The molecule has 1 fully saturated rings. The van der Waals surface area contributed by atoms with Crippen LogP contribution in [0.3, 0.4) is 0 Å². The summed E-state index contributed by atoms with van der Waals surface area (Å²) in [6.45, 7) is 0. The first kappa shape index (κ1) is 4.30. The Morgan fingerprint density at radius 2 is 2.38 bits per heavy atom. The smallest absolute Gasteiger partial charge is 0.0947 e. The quantitative estimate of drug-likeness (QED) is 0.495. The number of hydrogen-bond acceptors (Lipinski definition) is 3. The predicted octanol–water partition coefficient (Wildman–Crippen LogP) is 0.878. The van der Waals surface area contributed by atoms with E-state index in [4.69, 9.17) is 0 Å². The van der Waals surface area contributed by atoms with Gasteiger partial charge < -0.3 is 0 Å². The van der Waals surface area contributed by atoms with Gasteiger partial charge in [-0.2, -0.15) is 5.11 Å². The summed E-state index contributed by atoms with van der Waals surface area (Å²) < 4.78 is 0. The van der Waals surface area contributed by atoms with Crippen LogP contribution in [0.15, 0.2) is 10.3 Å². The lowest BCUT2D eigenvalue weighted by atomic mass is 10.2. The van der Waals surface area contributed by atoms with E-state index < -0.39 is 0 Å². The molecule has 3 nitrogen and oxygen atoms in total. The highest BCUT2D eigenvalue weighted by Gasteiger charge is 2.30. The van der Waals surface area contributed by atoms with Crippen LogP contribution in [-0.2, 0) is 0 Å². The molecule has 8 heavy (non-hydrogen) atoms. The summed E-state index contributed by atoms with van der Waals surface area (Å²) in [5.74, 6) is 0. The molecule has 2 unspecified atom stereocenters. The van der Waals surface area contributed by atoms with E-state index in [9.17, 15) is 0 Å². The summed E-state index contributed by atoms with van der Waals surface area (Å²) in [6.07, 6.45) is 3.82. The lowest BCUT2D eigenvalue weighted by Crippen LogP contribution is -2.24. The second kappa shape index (κ2) is 1.44. The number of nitrogens with zero attached hydrogens (tertiary/aromatic N) is 2. The van der Waals surface area contributed by atoms with Crippen LogP contribution in [-0.4, -0.2) is 12.1 Å². The van der Waals surface area contributed by atoms with E-state index in [1.165, 1.54) is 19.3 Å². The third kappa shape index (κ3) is 0.441. The molecule has 1 heterocycles. The van der Waals surface area contributed by atoms with Crippen LogP contribution in [0.1, 0.15) is 19.3 Å². The zero-order valence-electron chi connectivity index (χ0n) is 4.67. The minimum atomic E-state index is 0.523. The molecule has 0 aromatic rings. The van der Waals surface area contributed by atoms with E-state index in [0.29, 0.717) is 12.1 Å². The van der Waals surface area contributed by atoms with Crippen molar-refractivity contribution in [3.8, 4) is 0 Å². The van der Waals surface area contributed by atoms with Crippen molar-refractivity contribution in [2.24, 2.45) is 10.3 Å². The van der Waals surface area contributed by atoms with Crippen molar-refractivity contribution >= 4 is 0 Å². The number of fused-ring (bicyclic) bond motifs is 1. The van der Waals surface area contributed by atoms with Gasteiger partial charge >= 0.3 is 0 Å². The van der Waals surface area contributed by atoms with Crippen LogP contribution >= 0.6 is 0 Å². The molecule has 0 amide bonds. The molecule has 0 radical (unpaired) electrons. The number of hydrogen-bond donors (Lipinski definition) is 1. The fourth-order valence-electron chi connectivity index (χ4n) is 1.41. The molecule has 2 rings (SSSR count). The van der Waals surface area contributed by atoms with Gasteiger partial charge in [0.2, 0.25) is 0 Å². The third-order valence-electron chi connectivity index (χ3n) is 1.91. The van der Waals surface area contributed by atoms with Crippen LogP contribution in [0.4, 0.5) is 0 Å². The van der Waals surface area contributed by atoms with Crippen molar-refractivity contribution < 1.29 is 0 Å². The molecule has 44 valence electrons. The monoisotopic (exact) mass is 111 g/mol. The van der Waals surface area contributed by atoms with E-state index in [0.717, 1.165) is 0 Å². The van der Waals surface area contributed by atoms with Gasteiger partial charge in [-0.1, -0.05) is 5.22 Å². The topological polar surface area (TPSA) is 36.8 Å². The van der Waals surface area contributed by atoms with Crippen LogP contribution < -0.4 is 5.43 Å². The van der Waals surface area contributed by atoms with E-state index >= 15 is 0 Å². The standard InChI is InChI=1S/C5H9N3/c1-2-4-5(3-1)7-8-6-4/h4-5H,1-3H2,(H,6,7). The number of rotatable bonds is 0. The van der Waals surface area contributed by atoms with Crippen molar-refractivity contribution in [3.05, 3.63) is 0 Å². The molecule has 1 N–H and O–H groups in total. The third-order valence-corrected chi connectivity index (χ3v) is 1.91. The van der Waals surface area contributed by atoms with Gasteiger partial charge in [0.15, 0.2) is 0 Å². The van der Waals surface area contributed by atoms with E-state index in [-0.39, 0.29) is 0 Å². The Morgan fingerprint density at radius 3 is 3.25 bits per heavy atom. The zero-order chi connectivity index (χ0) is 5.40. The molecule has 0 spiro atoms. The van der Waals surface area contributed by atoms with Crippen LogP contribution in [0.5, 0.6) is 0 Å². The SMILES string of the molecule is C1CC2N=NNC2C1. The minimum Gasteiger partial charge on any atom is -0.286 e. The first-order valence-electron chi connectivity index (χ1n) is 3.12. The average molecular weight is 111 g/mol. The lowest BCUT2D eigenvalue weighted by Gasteiger charge is -2.01. The predicted molar refractivity (Wildman–Crippen MR) is 29.4 cm³/mol. The Kier molecular flexibility index (Phi) is 0.771. The minimum absolute atomic E-state index is 0.523. The fraction of sp³-hybridized carbons (Fsp3) is 1.00. The van der Waals surface area contributed by atoms with E-state index in [2.05, 4.69) is 15.8 Å². The largest absolute Gasteiger partial charge is 0.286 e. The highest BCUT2D eigenvalue weighted by Crippen LogP contribution is 2.25. The molecule has 0 aromatic heterocycles. The van der Waals surface area contributed by atoms with Crippen molar-refractivity contribution in [1.82, 2.24) is 5.43 Å². The molecule has 0 bridgehead atoms. The van der Waals surface area contributed by atoms with Crippen molar-refractivity contribution in [2.45, 2.75) is 31.3 Å². The molecular formula is C5H9N3. The molecule has 1 saturated carbocycles. The Hall–Kier alpha value is -0.600. The molecule has 0 aromatic carbocycles. The summed E-state index contributed by atoms with van der Waals surface area (Å²) in [5, 5.41) is 7.75. The molecular weight excluding hydrogens is 102 g/mol. The Bertz CT molecular complexity index is 121. The van der Waals surface area contributed by atoms with Gasteiger partial charge in [-0.15, -0.1) is 0 Å². The van der Waals surface area contributed by atoms with Gasteiger partial charge in [-0.25, -0.2) is 0 Å². The van der Waals surface area contributed by atoms with E-state index in [1.807, 2.05) is 0 Å².